The van der Waals surface area contributed by atoms with Crippen LogP contribution in [0.3, 0.4) is 0 Å². The van der Waals surface area contributed by atoms with Gasteiger partial charge in [-0.15, -0.1) is 0 Å². The van der Waals surface area contributed by atoms with Crippen LogP contribution in [0.25, 0.3) is 0 Å². The first-order valence-corrected chi connectivity index (χ1v) is 8.80. The van der Waals surface area contributed by atoms with Gasteiger partial charge < -0.3 is 10.6 Å². The van der Waals surface area contributed by atoms with Crippen molar-refractivity contribution in [2.75, 3.05) is 5.32 Å². The SMILES string of the molecule is Cc1cccc(C)c1NC(=O)[C@H](C)[NH2+]C1CCCCCCC1. The van der Waals surface area contributed by atoms with E-state index >= 15 is 0 Å². The molecule has 2 rings (SSSR count). The normalized spacial score (nSPS) is 18.3. The third-order valence-corrected chi connectivity index (χ3v) is 4.85. The highest BCUT2D eigenvalue weighted by Gasteiger charge is 2.23. The van der Waals surface area contributed by atoms with Crippen molar-refractivity contribution >= 4 is 11.6 Å². The fourth-order valence-corrected chi connectivity index (χ4v) is 3.42. The first-order chi connectivity index (χ1) is 10.6. The maximum atomic E-state index is 12.5. The summed E-state index contributed by atoms with van der Waals surface area (Å²) in [5.41, 5.74) is 3.24. The van der Waals surface area contributed by atoms with E-state index < -0.39 is 0 Å². The van der Waals surface area contributed by atoms with Crippen LogP contribution in [0.2, 0.25) is 0 Å². The predicted octanol–water partition coefficient (Wildman–Crippen LogP) is 3.31. The van der Waals surface area contributed by atoms with Crippen molar-refractivity contribution in [3.8, 4) is 0 Å². The molecule has 1 aromatic rings. The molecule has 0 heterocycles. The number of hydrogen-bond acceptors (Lipinski definition) is 1. The van der Waals surface area contributed by atoms with E-state index in [1.54, 1.807) is 0 Å². The van der Waals surface area contributed by atoms with Crippen LogP contribution in [0.4, 0.5) is 5.69 Å². The van der Waals surface area contributed by atoms with Crippen LogP contribution in [-0.2, 0) is 4.79 Å². The predicted molar refractivity (Wildman–Crippen MR) is 92.0 cm³/mol. The lowest BCUT2D eigenvalue weighted by molar-refractivity contribution is -0.707. The van der Waals surface area contributed by atoms with Crippen LogP contribution in [-0.4, -0.2) is 18.0 Å². The summed E-state index contributed by atoms with van der Waals surface area (Å²) in [7, 11) is 0. The van der Waals surface area contributed by atoms with E-state index in [1.807, 2.05) is 39.0 Å². The van der Waals surface area contributed by atoms with E-state index in [0.717, 1.165) is 16.8 Å². The minimum Gasteiger partial charge on any atom is -0.334 e. The molecule has 3 nitrogen and oxygen atoms in total. The molecule has 122 valence electrons. The van der Waals surface area contributed by atoms with Gasteiger partial charge >= 0.3 is 0 Å². The van der Waals surface area contributed by atoms with Gasteiger partial charge in [0, 0.05) is 5.69 Å². The molecule has 0 aliphatic heterocycles. The molecule has 0 saturated heterocycles. The van der Waals surface area contributed by atoms with Gasteiger partial charge in [0.15, 0.2) is 6.04 Å². The van der Waals surface area contributed by atoms with Crippen LogP contribution in [0.15, 0.2) is 18.2 Å². The van der Waals surface area contributed by atoms with Gasteiger partial charge in [0.1, 0.15) is 0 Å². The van der Waals surface area contributed by atoms with Gasteiger partial charge in [0.2, 0.25) is 0 Å². The van der Waals surface area contributed by atoms with Crippen molar-refractivity contribution in [2.45, 2.75) is 77.8 Å². The number of nitrogens with two attached hydrogens (primary N) is 1. The second kappa shape index (κ2) is 8.33. The Hall–Kier alpha value is -1.35. The van der Waals surface area contributed by atoms with Crippen LogP contribution in [0.5, 0.6) is 0 Å². The van der Waals surface area contributed by atoms with Gasteiger partial charge in [-0.3, -0.25) is 4.79 Å². The number of nitrogens with one attached hydrogen (secondary N) is 1. The Labute approximate surface area is 134 Å². The maximum absolute atomic E-state index is 12.5. The number of carbonyl (C=O) groups excluding carboxylic acids is 1. The molecule has 0 unspecified atom stereocenters. The highest BCUT2D eigenvalue weighted by atomic mass is 16.2. The summed E-state index contributed by atoms with van der Waals surface area (Å²) in [4.78, 5) is 12.5. The average Bonchev–Trinajstić information content (AvgIpc) is 2.45. The molecule has 3 heteroatoms. The van der Waals surface area contributed by atoms with E-state index in [4.69, 9.17) is 0 Å². The van der Waals surface area contributed by atoms with Crippen LogP contribution < -0.4 is 10.6 Å². The first kappa shape index (κ1) is 17.0. The lowest BCUT2D eigenvalue weighted by Gasteiger charge is -2.22. The molecule has 1 aromatic carbocycles. The van der Waals surface area contributed by atoms with Crippen LogP contribution >= 0.6 is 0 Å². The summed E-state index contributed by atoms with van der Waals surface area (Å²) in [5.74, 6) is 0.124. The number of aryl methyl sites for hydroxylation is 2. The second-order valence-corrected chi connectivity index (χ2v) is 6.84. The molecular formula is C19H31N2O+. The summed E-state index contributed by atoms with van der Waals surface area (Å²) < 4.78 is 0. The zero-order chi connectivity index (χ0) is 15.9. The topological polar surface area (TPSA) is 45.7 Å². The summed E-state index contributed by atoms with van der Waals surface area (Å²) in [6.45, 7) is 6.12. The quantitative estimate of drug-likeness (QED) is 0.880. The molecule has 1 atom stereocenters. The van der Waals surface area contributed by atoms with Gasteiger partial charge in [-0.2, -0.15) is 0 Å². The Morgan fingerprint density at radius 3 is 2.23 bits per heavy atom. The highest BCUT2D eigenvalue weighted by Crippen LogP contribution is 2.19. The third kappa shape index (κ3) is 4.84. The fourth-order valence-electron chi connectivity index (χ4n) is 3.42. The Balaban J connectivity index is 1.91. The van der Waals surface area contributed by atoms with Gasteiger partial charge in [-0.05, 0) is 57.6 Å². The standard InChI is InChI=1S/C19H30N2O/c1-14-10-9-11-15(2)18(14)21-19(22)16(3)20-17-12-7-5-4-6-8-13-17/h9-11,16-17,20H,4-8,12-13H2,1-3H3,(H,21,22)/p+1/t16-/m0/s1. The molecule has 1 saturated carbocycles. The molecule has 1 amide bonds. The summed E-state index contributed by atoms with van der Waals surface area (Å²) in [6, 6.07) is 6.71. The Kier molecular flexibility index (Phi) is 6.44. The summed E-state index contributed by atoms with van der Waals surface area (Å²) >= 11 is 0. The molecule has 0 bridgehead atoms. The van der Waals surface area contributed by atoms with Crippen molar-refractivity contribution in [1.82, 2.24) is 0 Å². The first-order valence-electron chi connectivity index (χ1n) is 8.80. The third-order valence-electron chi connectivity index (χ3n) is 4.85. The Morgan fingerprint density at radius 2 is 1.64 bits per heavy atom. The van der Waals surface area contributed by atoms with Crippen LogP contribution in [0.1, 0.15) is 63.0 Å². The van der Waals surface area contributed by atoms with E-state index in [-0.39, 0.29) is 11.9 Å². The largest absolute Gasteiger partial charge is 0.334 e. The molecule has 22 heavy (non-hydrogen) atoms. The van der Waals surface area contributed by atoms with Crippen molar-refractivity contribution in [2.24, 2.45) is 0 Å². The minimum atomic E-state index is -0.0246. The zero-order valence-corrected chi connectivity index (χ0v) is 14.3. The van der Waals surface area contributed by atoms with E-state index in [1.165, 1.54) is 44.9 Å². The summed E-state index contributed by atoms with van der Waals surface area (Å²) in [6.07, 6.45) is 9.22. The molecule has 3 N–H and O–H groups in total. The van der Waals surface area contributed by atoms with Crippen molar-refractivity contribution in [1.29, 1.82) is 0 Å². The van der Waals surface area contributed by atoms with Gasteiger partial charge in [0.05, 0.1) is 6.04 Å². The Morgan fingerprint density at radius 1 is 1.09 bits per heavy atom. The van der Waals surface area contributed by atoms with E-state index in [0.29, 0.717) is 6.04 Å². The maximum Gasteiger partial charge on any atom is 0.282 e. The van der Waals surface area contributed by atoms with Crippen molar-refractivity contribution < 1.29 is 10.1 Å². The monoisotopic (exact) mass is 303 g/mol. The Bertz CT molecular complexity index is 470. The second-order valence-electron chi connectivity index (χ2n) is 6.84. The number of anilines is 1. The van der Waals surface area contributed by atoms with Gasteiger partial charge in [-0.1, -0.05) is 37.5 Å². The molecule has 1 aliphatic carbocycles. The van der Waals surface area contributed by atoms with Crippen molar-refractivity contribution in [3.05, 3.63) is 29.3 Å². The number of para-hydroxylation sites is 1. The number of rotatable bonds is 4. The number of carbonyl (C=O) groups is 1. The number of benzene rings is 1. The van der Waals surface area contributed by atoms with Crippen molar-refractivity contribution in [3.63, 3.8) is 0 Å². The van der Waals surface area contributed by atoms with E-state index in [2.05, 4.69) is 10.6 Å². The molecule has 0 aromatic heterocycles. The number of amides is 1. The number of hydrogen-bond donors (Lipinski definition) is 2. The molecular weight excluding hydrogens is 272 g/mol. The summed E-state index contributed by atoms with van der Waals surface area (Å²) in [5, 5.41) is 5.41. The molecule has 1 aliphatic rings. The average molecular weight is 303 g/mol. The molecule has 1 fully saturated rings. The fraction of sp³-hybridized carbons (Fsp3) is 0.632. The van der Waals surface area contributed by atoms with Gasteiger partial charge in [-0.25, -0.2) is 0 Å². The zero-order valence-electron chi connectivity index (χ0n) is 14.3. The lowest BCUT2D eigenvalue weighted by atomic mass is 9.96. The molecule has 0 radical (unpaired) electrons. The minimum absolute atomic E-state index is 0.0246. The molecule has 0 spiro atoms. The highest BCUT2D eigenvalue weighted by molar-refractivity contribution is 5.94. The van der Waals surface area contributed by atoms with Crippen LogP contribution in [0, 0.1) is 13.8 Å². The van der Waals surface area contributed by atoms with Gasteiger partial charge in [0.25, 0.3) is 5.91 Å². The smallest absolute Gasteiger partial charge is 0.282 e. The number of quaternary nitrogens is 1. The van der Waals surface area contributed by atoms with E-state index in [9.17, 15) is 4.79 Å². The lowest BCUT2D eigenvalue weighted by Crippen LogP contribution is -2.96.